The number of rotatable bonds is 11. The maximum Gasteiger partial charge on any atom is 0.191 e. The summed E-state index contributed by atoms with van der Waals surface area (Å²) in [6, 6.07) is 0.508. The average molecular weight is 521 g/mol. The van der Waals surface area contributed by atoms with Crippen LogP contribution < -0.4 is 10.6 Å². The Morgan fingerprint density at radius 1 is 1.28 bits per heavy atom. The van der Waals surface area contributed by atoms with Crippen LogP contribution in [0.15, 0.2) is 17.4 Å². The minimum atomic E-state index is 0. The van der Waals surface area contributed by atoms with Crippen molar-refractivity contribution in [2.75, 3.05) is 39.3 Å². The van der Waals surface area contributed by atoms with Crippen LogP contribution in [0.4, 0.5) is 0 Å². The molecule has 1 aromatic heterocycles. The molecule has 1 aromatic rings. The fourth-order valence-electron chi connectivity index (χ4n) is 3.46. The fraction of sp³-hybridized carbons (Fsp3) is 0.810. The predicted molar refractivity (Wildman–Crippen MR) is 131 cm³/mol. The van der Waals surface area contributed by atoms with Crippen LogP contribution in [0.25, 0.3) is 0 Å². The topological polar surface area (TPSA) is 66.7 Å². The summed E-state index contributed by atoms with van der Waals surface area (Å²) in [5.41, 5.74) is 0. The number of aromatic nitrogens is 2. The first-order valence-corrected chi connectivity index (χ1v) is 10.9. The second-order valence-corrected chi connectivity index (χ2v) is 7.82. The lowest BCUT2D eigenvalue weighted by atomic mass is 10.1. The summed E-state index contributed by atoms with van der Waals surface area (Å²) in [5.74, 6) is 2.04. The average Bonchev–Trinajstić information content (AvgIpc) is 3.07. The molecule has 0 aromatic carbocycles. The Hall–Kier alpha value is -0.870. The molecule has 2 rings (SSSR count). The van der Waals surface area contributed by atoms with Crippen molar-refractivity contribution in [1.29, 1.82) is 0 Å². The number of guanidine groups is 1. The number of aliphatic imine (C=N–C) groups is 1. The van der Waals surface area contributed by atoms with E-state index in [9.17, 15) is 0 Å². The van der Waals surface area contributed by atoms with Gasteiger partial charge >= 0.3 is 0 Å². The van der Waals surface area contributed by atoms with Crippen LogP contribution in [0.5, 0.6) is 0 Å². The Morgan fingerprint density at radius 2 is 2.03 bits per heavy atom. The SMILES string of the molecule is CCNC(=NCCCCn1ccnc1C)NC1CCN(CCOC(C)C)CC1.I. The van der Waals surface area contributed by atoms with E-state index in [-0.39, 0.29) is 24.0 Å². The molecule has 2 heterocycles. The van der Waals surface area contributed by atoms with Crippen molar-refractivity contribution in [3.8, 4) is 0 Å². The number of hydrogen-bond acceptors (Lipinski definition) is 4. The molecule has 1 saturated heterocycles. The molecular weight excluding hydrogens is 479 g/mol. The number of nitrogens with one attached hydrogen (secondary N) is 2. The van der Waals surface area contributed by atoms with Crippen molar-refractivity contribution in [3.63, 3.8) is 0 Å². The summed E-state index contributed by atoms with van der Waals surface area (Å²) >= 11 is 0. The van der Waals surface area contributed by atoms with Crippen molar-refractivity contribution in [3.05, 3.63) is 18.2 Å². The Kier molecular flexibility index (Phi) is 13.5. The second kappa shape index (κ2) is 15.0. The molecule has 0 aliphatic carbocycles. The van der Waals surface area contributed by atoms with E-state index < -0.39 is 0 Å². The van der Waals surface area contributed by atoms with Crippen molar-refractivity contribution in [1.82, 2.24) is 25.1 Å². The van der Waals surface area contributed by atoms with Gasteiger partial charge in [-0.15, -0.1) is 24.0 Å². The number of imidazole rings is 1. The molecule has 29 heavy (non-hydrogen) atoms. The zero-order chi connectivity index (χ0) is 20.2. The first-order chi connectivity index (χ1) is 13.6. The fourth-order valence-corrected chi connectivity index (χ4v) is 3.46. The molecule has 0 unspecified atom stereocenters. The van der Waals surface area contributed by atoms with Gasteiger partial charge in [0.15, 0.2) is 5.96 Å². The maximum absolute atomic E-state index is 5.67. The lowest BCUT2D eigenvalue weighted by molar-refractivity contribution is 0.0532. The van der Waals surface area contributed by atoms with Crippen LogP contribution in [-0.4, -0.2) is 71.9 Å². The van der Waals surface area contributed by atoms with Gasteiger partial charge in [-0.25, -0.2) is 4.98 Å². The highest BCUT2D eigenvalue weighted by Gasteiger charge is 2.19. The van der Waals surface area contributed by atoms with Gasteiger partial charge in [0.2, 0.25) is 0 Å². The Bertz CT molecular complexity index is 569. The molecule has 8 heteroatoms. The minimum absolute atomic E-state index is 0. The van der Waals surface area contributed by atoms with E-state index in [4.69, 9.17) is 9.73 Å². The zero-order valence-corrected chi connectivity index (χ0v) is 21.0. The first kappa shape index (κ1) is 26.2. The van der Waals surface area contributed by atoms with Gasteiger partial charge in [-0.3, -0.25) is 4.99 Å². The van der Waals surface area contributed by atoms with E-state index in [0.29, 0.717) is 12.1 Å². The molecule has 0 bridgehead atoms. The Labute approximate surface area is 194 Å². The zero-order valence-electron chi connectivity index (χ0n) is 18.7. The largest absolute Gasteiger partial charge is 0.377 e. The molecule has 0 saturated carbocycles. The number of likely N-dealkylation sites (tertiary alicyclic amines) is 1. The first-order valence-electron chi connectivity index (χ1n) is 10.9. The summed E-state index contributed by atoms with van der Waals surface area (Å²) in [6.07, 6.45) is 8.76. The quantitative estimate of drug-likeness (QED) is 0.203. The maximum atomic E-state index is 5.67. The highest BCUT2D eigenvalue weighted by molar-refractivity contribution is 14.0. The minimum Gasteiger partial charge on any atom is -0.377 e. The summed E-state index contributed by atoms with van der Waals surface area (Å²) in [7, 11) is 0. The highest BCUT2D eigenvalue weighted by Crippen LogP contribution is 2.10. The lowest BCUT2D eigenvalue weighted by Gasteiger charge is -2.33. The van der Waals surface area contributed by atoms with E-state index in [1.807, 2.05) is 19.3 Å². The van der Waals surface area contributed by atoms with Gasteiger partial charge in [-0.1, -0.05) is 0 Å². The van der Waals surface area contributed by atoms with Gasteiger partial charge in [-0.2, -0.15) is 0 Å². The van der Waals surface area contributed by atoms with Crippen molar-refractivity contribution < 1.29 is 4.74 Å². The van der Waals surface area contributed by atoms with Gasteiger partial charge in [0, 0.05) is 57.7 Å². The molecule has 1 aliphatic heterocycles. The molecule has 0 atom stereocenters. The molecule has 2 N–H and O–H groups in total. The summed E-state index contributed by atoms with van der Waals surface area (Å²) in [4.78, 5) is 11.5. The van der Waals surface area contributed by atoms with E-state index in [0.717, 1.165) is 83.3 Å². The normalized spacial score (nSPS) is 16.1. The monoisotopic (exact) mass is 520 g/mol. The van der Waals surface area contributed by atoms with Crippen molar-refractivity contribution in [2.24, 2.45) is 4.99 Å². The van der Waals surface area contributed by atoms with Crippen LogP contribution in [0.3, 0.4) is 0 Å². The van der Waals surface area contributed by atoms with Crippen molar-refractivity contribution in [2.45, 2.75) is 72.1 Å². The Balaban J connectivity index is 0.00000420. The molecule has 168 valence electrons. The van der Waals surface area contributed by atoms with Gasteiger partial charge in [0.05, 0.1) is 12.7 Å². The molecule has 0 spiro atoms. The predicted octanol–water partition coefficient (Wildman–Crippen LogP) is 3.03. The number of aryl methyl sites for hydroxylation is 2. The van der Waals surface area contributed by atoms with Gasteiger partial charge in [0.1, 0.15) is 5.82 Å². The van der Waals surface area contributed by atoms with E-state index in [1.165, 1.54) is 0 Å². The van der Waals surface area contributed by atoms with Gasteiger partial charge in [-0.05, 0) is 53.4 Å². The smallest absolute Gasteiger partial charge is 0.191 e. The number of nitrogens with zero attached hydrogens (tertiary/aromatic N) is 4. The molecule has 7 nitrogen and oxygen atoms in total. The van der Waals surface area contributed by atoms with E-state index in [2.05, 4.69) is 45.9 Å². The number of ether oxygens (including phenoxy) is 1. The standard InChI is InChI=1S/C21H40N6O.HI/c1-5-22-21(24-10-6-7-12-27-15-11-23-19(27)4)25-20-8-13-26(14-9-20)16-17-28-18(2)3;/h11,15,18,20H,5-10,12-14,16-17H2,1-4H3,(H2,22,24,25);1H. The second-order valence-electron chi connectivity index (χ2n) is 7.82. The third-order valence-electron chi connectivity index (χ3n) is 5.13. The number of piperidine rings is 1. The highest BCUT2D eigenvalue weighted by atomic mass is 127. The summed E-state index contributed by atoms with van der Waals surface area (Å²) in [6.45, 7) is 15.3. The molecule has 1 aliphatic rings. The third kappa shape index (κ3) is 10.6. The van der Waals surface area contributed by atoms with Crippen LogP contribution in [-0.2, 0) is 11.3 Å². The number of unbranched alkanes of at least 4 members (excludes halogenated alkanes) is 1. The van der Waals surface area contributed by atoms with Crippen LogP contribution >= 0.6 is 24.0 Å². The summed E-state index contributed by atoms with van der Waals surface area (Å²) in [5, 5.41) is 7.02. The molecule has 1 fully saturated rings. The number of halogens is 1. The Morgan fingerprint density at radius 3 is 2.66 bits per heavy atom. The van der Waals surface area contributed by atoms with Gasteiger partial charge < -0.3 is 24.8 Å². The van der Waals surface area contributed by atoms with E-state index in [1.54, 1.807) is 0 Å². The molecule has 0 amide bonds. The van der Waals surface area contributed by atoms with Crippen LogP contribution in [0.1, 0.15) is 52.3 Å². The van der Waals surface area contributed by atoms with E-state index >= 15 is 0 Å². The van der Waals surface area contributed by atoms with Crippen LogP contribution in [0.2, 0.25) is 0 Å². The van der Waals surface area contributed by atoms with Crippen LogP contribution in [0, 0.1) is 6.92 Å². The molecular formula is C21H41IN6O. The molecule has 0 radical (unpaired) electrons. The summed E-state index contributed by atoms with van der Waals surface area (Å²) < 4.78 is 7.87. The third-order valence-corrected chi connectivity index (χ3v) is 5.13. The lowest BCUT2D eigenvalue weighted by Crippen LogP contribution is -2.49. The van der Waals surface area contributed by atoms with Crippen molar-refractivity contribution >= 4 is 29.9 Å². The number of hydrogen-bond donors (Lipinski definition) is 2. The van der Waals surface area contributed by atoms with Gasteiger partial charge in [0.25, 0.3) is 0 Å².